The lowest BCUT2D eigenvalue weighted by molar-refractivity contribution is -0.385. The van der Waals surface area contributed by atoms with Gasteiger partial charge in [0.15, 0.2) is 0 Å². The summed E-state index contributed by atoms with van der Waals surface area (Å²) in [4.78, 5) is 49.3. The van der Waals surface area contributed by atoms with Crippen molar-refractivity contribution in [2.24, 2.45) is 0 Å². The lowest BCUT2D eigenvalue weighted by Crippen LogP contribution is -2.36. The summed E-state index contributed by atoms with van der Waals surface area (Å²) in [6.45, 7) is 1.18. The van der Waals surface area contributed by atoms with Crippen LogP contribution >= 0.6 is 11.8 Å². The number of thioether (sulfide) groups is 1. The third-order valence-electron chi connectivity index (χ3n) is 5.15. The Balaban J connectivity index is 1.48. The van der Waals surface area contributed by atoms with Gasteiger partial charge in [0.2, 0.25) is 5.91 Å². The molecule has 2 heterocycles. The van der Waals surface area contributed by atoms with E-state index in [1.54, 1.807) is 55.5 Å². The van der Waals surface area contributed by atoms with Crippen LogP contribution in [0.5, 0.6) is 5.75 Å². The molecule has 1 fully saturated rings. The molecule has 4 rings (SSSR count). The van der Waals surface area contributed by atoms with E-state index < -0.39 is 28.5 Å². The van der Waals surface area contributed by atoms with E-state index in [0.717, 1.165) is 4.90 Å². The number of para-hydroxylation sites is 2. The number of hydrogen-bond acceptors (Lipinski definition) is 8. The van der Waals surface area contributed by atoms with Gasteiger partial charge in [-0.1, -0.05) is 24.3 Å². The fourth-order valence-corrected chi connectivity index (χ4v) is 4.21. The maximum Gasteiger partial charge on any atom is 0.294 e. The maximum absolute atomic E-state index is 12.8. The highest BCUT2D eigenvalue weighted by molar-refractivity contribution is 8.18. The van der Waals surface area contributed by atoms with Gasteiger partial charge in [0.1, 0.15) is 23.8 Å². The average Bonchev–Trinajstić information content (AvgIpc) is 3.40. The molecular weight excluding hydrogens is 474 g/mol. The van der Waals surface area contributed by atoms with Crippen LogP contribution in [0.15, 0.2) is 63.9 Å². The highest BCUT2D eigenvalue weighted by Gasteiger charge is 2.36. The Labute approximate surface area is 203 Å². The molecule has 0 radical (unpaired) electrons. The molecule has 0 saturated carbocycles. The zero-order chi connectivity index (χ0) is 25.1. The number of benzene rings is 2. The molecule has 10 nitrogen and oxygen atoms in total. The quantitative estimate of drug-likeness (QED) is 0.281. The first kappa shape index (κ1) is 23.8. The second-order valence-corrected chi connectivity index (χ2v) is 8.47. The number of amides is 3. The van der Waals surface area contributed by atoms with Crippen LogP contribution in [0.3, 0.4) is 0 Å². The molecule has 1 saturated heterocycles. The van der Waals surface area contributed by atoms with Gasteiger partial charge in [0, 0.05) is 23.3 Å². The number of nitro benzene ring substituents is 1. The van der Waals surface area contributed by atoms with Crippen molar-refractivity contribution in [3.8, 4) is 17.1 Å². The standard InChI is InChI=1S/C24H19N3O7S/c1-14-7-8-15(11-18(14)27(31)32)19-10-9-16(34-19)12-21-23(29)26(24(30)35-21)13-22(28)25-17-5-3-4-6-20(17)33-2/h3-12H,13H2,1-2H3,(H,25,28)/b21-12+. The Kier molecular flexibility index (Phi) is 6.69. The number of imide groups is 1. The van der Waals surface area contributed by atoms with Crippen molar-refractivity contribution in [1.29, 1.82) is 0 Å². The summed E-state index contributed by atoms with van der Waals surface area (Å²) in [7, 11) is 1.46. The monoisotopic (exact) mass is 493 g/mol. The zero-order valence-corrected chi connectivity index (χ0v) is 19.5. The van der Waals surface area contributed by atoms with Gasteiger partial charge < -0.3 is 14.5 Å². The second-order valence-electron chi connectivity index (χ2n) is 7.48. The van der Waals surface area contributed by atoms with Crippen LogP contribution in [0, 0.1) is 17.0 Å². The van der Waals surface area contributed by atoms with Gasteiger partial charge in [-0.25, -0.2) is 0 Å². The molecule has 3 amide bonds. The molecule has 0 aliphatic carbocycles. The highest BCUT2D eigenvalue weighted by Crippen LogP contribution is 2.34. The molecule has 0 bridgehead atoms. The van der Waals surface area contributed by atoms with E-state index in [1.165, 1.54) is 19.3 Å². The summed E-state index contributed by atoms with van der Waals surface area (Å²) >= 11 is 0.690. The van der Waals surface area contributed by atoms with E-state index in [1.807, 2.05) is 0 Å². The largest absolute Gasteiger partial charge is 0.495 e. The van der Waals surface area contributed by atoms with Gasteiger partial charge in [-0.3, -0.25) is 29.4 Å². The Morgan fingerprint density at radius 3 is 2.71 bits per heavy atom. The normalized spacial score (nSPS) is 14.5. The summed E-state index contributed by atoms with van der Waals surface area (Å²) in [5.74, 6) is -0.0808. The van der Waals surface area contributed by atoms with Crippen molar-refractivity contribution >= 4 is 46.3 Å². The summed E-state index contributed by atoms with van der Waals surface area (Å²) in [6.07, 6.45) is 1.40. The average molecular weight is 493 g/mol. The number of nitrogens with zero attached hydrogens (tertiary/aromatic N) is 2. The van der Waals surface area contributed by atoms with Crippen molar-refractivity contribution in [3.63, 3.8) is 0 Å². The van der Waals surface area contributed by atoms with Crippen molar-refractivity contribution < 1.29 is 28.5 Å². The number of ether oxygens (including phenoxy) is 1. The summed E-state index contributed by atoms with van der Waals surface area (Å²) in [5, 5.41) is 13.2. The molecular formula is C24H19N3O7S. The van der Waals surface area contributed by atoms with Crippen LogP contribution in [0.25, 0.3) is 17.4 Å². The Morgan fingerprint density at radius 1 is 1.20 bits per heavy atom. The van der Waals surface area contributed by atoms with Crippen molar-refractivity contribution in [2.75, 3.05) is 19.0 Å². The van der Waals surface area contributed by atoms with Crippen molar-refractivity contribution in [3.05, 3.63) is 80.9 Å². The van der Waals surface area contributed by atoms with Crippen LogP contribution in [0.4, 0.5) is 16.2 Å². The number of furan rings is 1. The van der Waals surface area contributed by atoms with Gasteiger partial charge >= 0.3 is 0 Å². The number of anilines is 1. The van der Waals surface area contributed by atoms with Crippen molar-refractivity contribution in [1.82, 2.24) is 4.90 Å². The first-order chi connectivity index (χ1) is 16.8. The van der Waals surface area contributed by atoms with Crippen LogP contribution in [0.2, 0.25) is 0 Å². The van der Waals surface area contributed by atoms with E-state index in [0.29, 0.717) is 40.1 Å². The molecule has 1 aliphatic rings. The van der Waals surface area contributed by atoms with E-state index in [9.17, 15) is 24.5 Å². The third-order valence-corrected chi connectivity index (χ3v) is 6.05. The van der Waals surface area contributed by atoms with Gasteiger partial charge in [-0.15, -0.1) is 0 Å². The molecule has 11 heteroatoms. The molecule has 3 aromatic rings. The summed E-state index contributed by atoms with van der Waals surface area (Å²) in [5.41, 5.74) is 1.41. The first-order valence-electron chi connectivity index (χ1n) is 10.3. The maximum atomic E-state index is 12.8. The fraction of sp³-hybridized carbons (Fsp3) is 0.125. The third kappa shape index (κ3) is 5.09. The summed E-state index contributed by atoms with van der Waals surface area (Å²) in [6, 6.07) is 14.7. The SMILES string of the molecule is COc1ccccc1NC(=O)CN1C(=O)S/C(=C/c2ccc(-c3ccc(C)c([N+](=O)[O-])c3)o2)C1=O. The molecule has 1 aliphatic heterocycles. The van der Waals surface area contributed by atoms with Gasteiger partial charge in [-0.05, 0) is 43.0 Å². The zero-order valence-electron chi connectivity index (χ0n) is 18.6. The minimum absolute atomic E-state index is 0.0343. The lowest BCUT2D eigenvalue weighted by atomic mass is 10.1. The minimum atomic E-state index is -0.626. The number of nitro groups is 1. The second kappa shape index (κ2) is 9.85. The fourth-order valence-electron chi connectivity index (χ4n) is 3.39. The van der Waals surface area contributed by atoms with E-state index in [2.05, 4.69) is 5.32 Å². The number of aryl methyl sites for hydroxylation is 1. The van der Waals surface area contributed by atoms with Crippen LogP contribution in [0.1, 0.15) is 11.3 Å². The van der Waals surface area contributed by atoms with E-state index in [-0.39, 0.29) is 16.4 Å². The van der Waals surface area contributed by atoms with Gasteiger partial charge in [0.05, 0.1) is 22.6 Å². The number of rotatable bonds is 7. The molecule has 178 valence electrons. The molecule has 35 heavy (non-hydrogen) atoms. The Morgan fingerprint density at radius 2 is 1.97 bits per heavy atom. The van der Waals surface area contributed by atoms with Gasteiger partial charge in [0.25, 0.3) is 16.8 Å². The first-order valence-corrected chi connectivity index (χ1v) is 11.1. The molecule has 1 N–H and O–H groups in total. The predicted octanol–water partition coefficient (Wildman–Crippen LogP) is 4.85. The Hall–Kier alpha value is -4.38. The number of methoxy groups -OCH3 is 1. The van der Waals surface area contributed by atoms with E-state index >= 15 is 0 Å². The number of hydrogen-bond donors (Lipinski definition) is 1. The molecule has 0 unspecified atom stereocenters. The molecule has 1 aromatic heterocycles. The minimum Gasteiger partial charge on any atom is -0.495 e. The smallest absolute Gasteiger partial charge is 0.294 e. The summed E-state index contributed by atoms with van der Waals surface area (Å²) < 4.78 is 10.9. The highest BCUT2D eigenvalue weighted by atomic mass is 32.2. The van der Waals surface area contributed by atoms with Crippen molar-refractivity contribution in [2.45, 2.75) is 6.92 Å². The van der Waals surface area contributed by atoms with E-state index in [4.69, 9.17) is 9.15 Å². The number of carbonyl (C=O) groups is 3. The molecule has 0 spiro atoms. The molecule has 0 atom stereocenters. The number of nitrogens with one attached hydrogen (secondary N) is 1. The Bertz CT molecular complexity index is 1380. The molecule has 2 aromatic carbocycles. The number of carbonyl (C=O) groups excluding carboxylic acids is 3. The van der Waals surface area contributed by atoms with Crippen LogP contribution < -0.4 is 10.1 Å². The van der Waals surface area contributed by atoms with Crippen LogP contribution in [-0.4, -0.2) is 40.5 Å². The van der Waals surface area contributed by atoms with Crippen LogP contribution in [-0.2, 0) is 9.59 Å². The predicted molar refractivity (Wildman–Crippen MR) is 130 cm³/mol. The topological polar surface area (TPSA) is 132 Å². The lowest BCUT2D eigenvalue weighted by Gasteiger charge is -2.14. The van der Waals surface area contributed by atoms with Gasteiger partial charge in [-0.2, -0.15) is 0 Å².